The van der Waals surface area contributed by atoms with Gasteiger partial charge in [0.25, 0.3) is 5.91 Å². The molecule has 3 N–H and O–H groups in total. The van der Waals surface area contributed by atoms with Crippen LogP contribution >= 0.6 is 0 Å². The highest BCUT2D eigenvalue weighted by molar-refractivity contribution is 6.04. The van der Waals surface area contributed by atoms with Crippen molar-refractivity contribution in [2.24, 2.45) is 0 Å². The van der Waals surface area contributed by atoms with Gasteiger partial charge in [-0.05, 0) is 17.7 Å². The van der Waals surface area contributed by atoms with Crippen molar-refractivity contribution in [1.29, 1.82) is 0 Å². The summed E-state index contributed by atoms with van der Waals surface area (Å²) in [5.41, 5.74) is 1.85. The van der Waals surface area contributed by atoms with E-state index in [0.29, 0.717) is 30.9 Å². The zero-order valence-corrected chi connectivity index (χ0v) is 14.9. The first-order valence-corrected chi connectivity index (χ1v) is 8.82. The van der Waals surface area contributed by atoms with Crippen LogP contribution in [0.2, 0.25) is 0 Å². The first-order valence-electron chi connectivity index (χ1n) is 8.82. The second-order valence-electron chi connectivity index (χ2n) is 6.32. The van der Waals surface area contributed by atoms with Crippen molar-refractivity contribution >= 4 is 23.4 Å². The molecule has 0 atom stereocenters. The summed E-state index contributed by atoms with van der Waals surface area (Å²) < 4.78 is 0. The molecular weight excluding hydrogens is 344 g/mol. The van der Waals surface area contributed by atoms with Gasteiger partial charge in [-0.3, -0.25) is 19.3 Å². The fraction of sp³-hybridized carbons (Fsp3) is 0.250. The number of para-hydroxylation sites is 1. The Balaban J connectivity index is 1.60. The van der Waals surface area contributed by atoms with Crippen LogP contribution in [0.25, 0.3) is 0 Å². The Labute approximate surface area is 157 Å². The van der Waals surface area contributed by atoms with E-state index in [1.807, 2.05) is 30.3 Å². The van der Waals surface area contributed by atoms with E-state index in [0.717, 1.165) is 5.56 Å². The van der Waals surface area contributed by atoms with Gasteiger partial charge in [-0.2, -0.15) is 0 Å². The van der Waals surface area contributed by atoms with Gasteiger partial charge in [0.2, 0.25) is 11.8 Å². The average Bonchev–Trinajstić information content (AvgIpc) is 2.67. The molecule has 27 heavy (non-hydrogen) atoms. The van der Waals surface area contributed by atoms with E-state index in [4.69, 9.17) is 0 Å². The number of rotatable bonds is 6. The van der Waals surface area contributed by atoms with Crippen molar-refractivity contribution in [3.8, 4) is 0 Å². The summed E-state index contributed by atoms with van der Waals surface area (Å²) in [7, 11) is 0. The number of benzene rings is 2. The number of piperazine rings is 1. The first kappa shape index (κ1) is 18.6. The van der Waals surface area contributed by atoms with Crippen molar-refractivity contribution in [3.05, 3.63) is 65.7 Å². The molecule has 1 heterocycles. The van der Waals surface area contributed by atoms with Crippen LogP contribution in [0.15, 0.2) is 54.6 Å². The van der Waals surface area contributed by atoms with Crippen molar-refractivity contribution in [1.82, 2.24) is 15.5 Å². The smallest absolute Gasteiger partial charge is 0.253 e. The molecule has 2 aromatic carbocycles. The summed E-state index contributed by atoms with van der Waals surface area (Å²) in [4.78, 5) is 38.0. The van der Waals surface area contributed by atoms with E-state index in [9.17, 15) is 14.4 Å². The predicted octanol–water partition coefficient (Wildman–Crippen LogP) is 0.987. The second-order valence-corrected chi connectivity index (χ2v) is 6.32. The van der Waals surface area contributed by atoms with E-state index >= 15 is 0 Å². The monoisotopic (exact) mass is 366 g/mol. The summed E-state index contributed by atoms with van der Waals surface area (Å²) in [6.07, 6.45) is 0. The van der Waals surface area contributed by atoms with Crippen molar-refractivity contribution in [2.75, 3.05) is 31.5 Å². The minimum absolute atomic E-state index is 0.0882. The Kier molecular flexibility index (Phi) is 6.17. The first-order chi connectivity index (χ1) is 13.1. The maximum absolute atomic E-state index is 12.5. The van der Waals surface area contributed by atoms with Crippen LogP contribution in [0.3, 0.4) is 0 Å². The molecule has 2 aromatic rings. The molecule has 0 spiro atoms. The Hall–Kier alpha value is -3.19. The molecule has 0 bridgehead atoms. The minimum Gasteiger partial charge on any atom is -0.354 e. The number of anilines is 1. The topological polar surface area (TPSA) is 90.5 Å². The zero-order chi connectivity index (χ0) is 19.1. The minimum atomic E-state index is -0.257. The Morgan fingerprint density at radius 1 is 1.04 bits per heavy atom. The lowest BCUT2D eigenvalue weighted by Gasteiger charge is -2.25. The molecule has 7 heteroatoms. The third-order valence-electron chi connectivity index (χ3n) is 4.23. The van der Waals surface area contributed by atoms with Crippen LogP contribution < -0.4 is 16.0 Å². The van der Waals surface area contributed by atoms with Crippen molar-refractivity contribution < 1.29 is 14.4 Å². The van der Waals surface area contributed by atoms with Crippen molar-refractivity contribution in [2.45, 2.75) is 6.54 Å². The molecule has 1 fully saturated rings. The molecule has 0 aliphatic carbocycles. The van der Waals surface area contributed by atoms with Gasteiger partial charge in [0, 0.05) is 19.6 Å². The fourth-order valence-corrected chi connectivity index (χ4v) is 2.88. The number of carbonyl (C=O) groups is 3. The molecule has 0 radical (unpaired) electrons. The molecule has 1 aliphatic heterocycles. The Morgan fingerprint density at radius 2 is 1.78 bits per heavy atom. The molecule has 1 aliphatic rings. The van der Waals surface area contributed by atoms with Gasteiger partial charge >= 0.3 is 0 Å². The van der Waals surface area contributed by atoms with Crippen LogP contribution in [-0.4, -0.2) is 48.8 Å². The molecule has 3 rings (SSSR count). The van der Waals surface area contributed by atoms with Gasteiger partial charge in [-0.1, -0.05) is 42.5 Å². The maximum atomic E-state index is 12.5. The molecule has 0 saturated carbocycles. The van der Waals surface area contributed by atoms with Gasteiger partial charge in [-0.15, -0.1) is 0 Å². The number of hydrogen-bond acceptors (Lipinski definition) is 4. The number of carbonyl (C=O) groups excluding carboxylic acids is 3. The molecule has 140 valence electrons. The van der Waals surface area contributed by atoms with Crippen LogP contribution in [0, 0.1) is 0 Å². The van der Waals surface area contributed by atoms with Gasteiger partial charge in [0.15, 0.2) is 0 Å². The summed E-state index contributed by atoms with van der Waals surface area (Å²) in [6.45, 7) is 1.87. The Morgan fingerprint density at radius 3 is 2.56 bits per heavy atom. The lowest BCUT2D eigenvalue weighted by molar-refractivity contribution is -0.125. The summed E-state index contributed by atoms with van der Waals surface area (Å²) >= 11 is 0. The van der Waals surface area contributed by atoms with E-state index in [2.05, 4.69) is 16.0 Å². The highest BCUT2D eigenvalue weighted by Gasteiger charge is 2.19. The van der Waals surface area contributed by atoms with Gasteiger partial charge in [0.05, 0.1) is 24.3 Å². The molecular formula is C20H22N4O3. The lowest BCUT2D eigenvalue weighted by atomic mass is 10.1. The fourth-order valence-electron chi connectivity index (χ4n) is 2.88. The quantitative estimate of drug-likeness (QED) is 0.711. The zero-order valence-electron chi connectivity index (χ0n) is 14.9. The van der Waals surface area contributed by atoms with Crippen molar-refractivity contribution in [3.63, 3.8) is 0 Å². The number of nitrogens with zero attached hydrogens (tertiary/aromatic N) is 1. The number of amides is 3. The average molecular weight is 366 g/mol. The summed E-state index contributed by atoms with van der Waals surface area (Å²) in [6, 6.07) is 16.5. The molecule has 7 nitrogen and oxygen atoms in total. The Bertz CT molecular complexity index is 823. The molecule has 1 saturated heterocycles. The van der Waals surface area contributed by atoms with Gasteiger partial charge in [0.1, 0.15) is 0 Å². The SMILES string of the molecule is O=C1CN(CC(=O)Nc2ccccc2C(=O)NCc2ccccc2)CCN1. The van der Waals surface area contributed by atoms with Crippen LogP contribution in [0.4, 0.5) is 5.69 Å². The highest BCUT2D eigenvalue weighted by atomic mass is 16.2. The summed E-state index contributed by atoms with van der Waals surface area (Å²) in [5.74, 6) is -0.602. The van der Waals surface area contributed by atoms with E-state index < -0.39 is 0 Å². The van der Waals surface area contributed by atoms with E-state index in [-0.39, 0.29) is 30.8 Å². The van der Waals surface area contributed by atoms with Gasteiger partial charge < -0.3 is 16.0 Å². The predicted molar refractivity (Wildman–Crippen MR) is 102 cm³/mol. The third kappa shape index (κ3) is 5.39. The number of nitrogens with one attached hydrogen (secondary N) is 3. The highest BCUT2D eigenvalue weighted by Crippen LogP contribution is 2.15. The normalized spacial score (nSPS) is 14.3. The standard InChI is InChI=1S/C20H22N4O3/c25-18-13-24(11-10-21-18)14-19(26)23-17-9-5-4-8-16(17)20(27)22-12-15-6-2-1-3-7-15/h1-9H,10-14H2,(H,21,25)(H,22,27)(H,23,26). The maximum Gasteiger partial charge on any atom is 0.253 e. The van der Waals surface area contributed by atoms with E-state index in [1.165, 1.54) is 0 Å². The van der Waals surface area contributed by atoms with Crippen LogP contribution in [-0.2, 0) is 16.1 Å². The molecule has 3 amide bonds. The molecule has 0 aromatic heterocycles. The molecule has 0 unspecified atom stereocenters. The van der Waals surface area contributed by atoms with Gasteiger partial charge in [-0.25, -0.2) is 0 Å². The number of hydrogen-bond donors (Lipinski definition) is 3. The summed E-state index contributed by atoms with van der Waals surface area (Å²) in [5, 5.41) is 8.36. The van der Waals surface area contributed by atoms with E-state index in [1.54, 1.807) is 29.2 Å². The second kappa shape index (κ2) is 8.95. The van der Waals surface area contributed by atoms with Crippen LogP contribution in [0.5, 0.6) is 0 Å². The third-order valence-corrected chi connectivity index (χ3v) is 4.23. The van der Waals surface area contributed by atoms with Crippen LogP contribution in [0.1, 0.15) is 15.9 Å². The lowest BCUT2D eigenvalue weighted by Crippen LogP contribution is -2.49. The largest absolute Gasteiger partial charge is 0.354 e.